The summed E-state index contributed by atoms with van der Waals surface area (Å²) in [5.74, 6) is -0.221. The number of aliphatic hydroxyl groups excluding tert-OH is 5. The Hall–Kier alpha value is -2.90. The van der Waals surface area contributed by atoms with E-state index >= 15 is 0 Å². The third kappa shape index (κ3) is 41.3. The molecule has 0 radical (unpaired) electrons. The van der Waals surface area contributed by atoms with Gasteiger partial charge in [0.05, 0.1) is 32.0 Å². The van der Waals surface area contributed by atoms with Crippen molar-refractivity contribution in [1.82, 2.24) is 5.32 Å². The minimum atomic E-state index is -1.58. The fraction of sp³-hybridized carbons (Fsp3) is 0.778. The molecule has 7 unspecified atom stereocenters. The maximum Gasteiger partial charge on any atom is 0.305 e. The van der Waals surface area contributed by atoms with Crippen LogP contribution in [0.25, 0.3) is 0 Å². The third-order valence-corrected chi connectivity index (χ3v) is 13.8. The number of carbonyl (C=O) groups is 2. The lowest BCUT2D eigenvalue weighted by Crippen LogP contribution is -2.60. The maximum atomic E-state index is 13.0. The van der Waals surface area contributed by atoms with Gasteiger partial charge >= 0.3 is 5.97 Å². The first kappa shape index (κ1) is 69.1. The van der Waals surface area contributed by atoms with E-state index in [1.165, 1.54) is 135 Å². The highest BCUT2D eigenvalue weighted by molar-refractivity contribution is 5.76. The first-order chi connectivity index (χ1) is 36.2. The zero-order valence-corrected chi connectivity index (χ0v) is 47.0. The van der Waals surface area contributed by atoms with E-state index in [1.54, 1.807) is 6.08 Å². The summed E-state index contributed by atoms with van der Waals surface area (Å²) in [7, 11) is 0. The molecule has 1 saturated heterocycles. The standard InChI is InChI=1S/C63H111NO10/c1-3-5-7-9-11-13-14-31-35-39-43-47-51-59(68)72-52-48-44-40-36-32-29-27-25-23-21-19-17-15-16-18-20-22-24-26-28-30-34-38-42-46-50-58(67)64-55(56(66)49-45-41-37-33-12-10-8-6-4-2)54-73-63-62(71)61(70)60(69)57(53-65)74-63/h4,6,11-13,16-19,33,45,49,55-57,60-63,65-66,69-71H,3,5,7-10,14-15,20-32,34-44,46-48,50-54H2,1-2H3,(H,64,67)/b6-4+,13-11-,18-16-,19-17-,33-12+,49-45+. The van der Waals surface area contributed by atoms with Gasteiger partial charge in [0.15, 0.2) is 6.29 Å². The van der Waals surface area contributed by atoms with Crippen LogP contribution in [0, 0.1) is 0 Å². The molecular formula is C63H111NO10. The molecule has 0 bridgehead atoms. The predicted octanol–water partition coefficient (Wildman–Crippen LogP) is 14.0. The van der Waals surface area contributed by atoms with Crippen LogP contribution in [0.15, 0.2) is 72.9 Å². The van der Waals surface area contributed by atoms with Gasteiger partial charge in [-0.1, -0.05) is 202 Å². The molecular weight excluding hydrogens is 931 g/mol. The molecule has 1 aliphatic heterocycles. The van der Waals surface area contributed by atoms with Gasteiger partial charge in [0.1, 0.15) is 24.4 Å². The maximum absolute atomic E-state index is 13.0. The quantitative estimate of drug-likeness (QED) is 0.0195. The molecule has 1 aliphatic rings. The van der Waals surface area contributed by atoms with Gasteiger partial charge < -0.3 is 45.1 Å². The number of unbranched alkanes of at least 4 members (excludes halogenated alkanes) is 28. The second kappa shape index (κ2) is 52.2. The van der Waals surface area contributed by atoms with Crippen LogP contribution in [0.4, 0.5) is 0 Å². The Morgan fingerprint density at radius 3 is 1.50 bits per heavy atom. The Morgan fingerprint density at radius 2 is 0.973 bits per heavy atom. The number of ether oxygens (including phenoxy) is 3. The van der Waals surface area contributed by atoms with E-state index in [9.17, 15) is 35.1 Å². The van der Waals surface area contributed by atoms with Crippen molar-refractivity contribution in [2.45, 2.75) is 294 Å². The average molecular weight is 1040 g/mol. The summed E-state index contributed by atoms with van der Waals surface area (Å²) in [5.41, 5.74) is 0. The van der Waals surface area contributed by atoms with Crippen molar-refractivity contribution in [3.05, 3.63) is 72.9 Å². The lowest BCUT2D eigenvalue weighted by molar-refractivity contribution is -0.302. The molecule has 0 aromatic rings. The van der Waals surface area contributed by atoms with Gasteiger partial charge in [-0.2, -0.15) is 0 Å². The van der Waals surface area contributed by atoms with Crippen molar-refractivity contribution in [1.29, 1.82) is 0 Å². The van der Waals surface area contributed by atoms with Gasteiger partial charge in [-0.05, 0) is 110 Å². The fourth-order valence-corrected chi connectivity index (χ4v) is 9.03. The average Bonchev–Trinajstić information content (AvgIpc) is 3.40. The molecule has 0 saturated carbocycles. The first-order valence-corrected chi connectivity index (χ1v) is 30.2. The number of allylic oxidation sites excluding steroid dienone is 11. The highest BCUT2D eigenvalue weighted by Crippen LogP contribution is 2.23. The van der Waals surface area contributed by atoms with Crippen LogP contribution in [-0.2, 0) is 23.8 Å². The number of esters is 1. The van der Waals surface area contributed by atoms with E-state index in [1.807, 2.05) is 19.1 Å². The smallest absolute Gasteiger partial charge is 0.305 e. The van der Waals surface area contributed by atoms with Crippen molar-refractivity contribution in [3.63, 3.8) is 0 Å². The number of rotatable bonds is 51. The molecule has 0 aromatic carbocycles. The molecule has 74 heavy (non-hydrogen) atoms. The predicted molar refractivity (Wildman–Crippen MR) is 306 cm³/mol. The zero-order chi connectivity index (χ0) is 53.8. The molecule has 1 rings (SSSR count). The van der Waals surface area contributed by atoms with E-state index in [2.05, 4.69) is 66.9 Å². The molecule has 1 fully saturated rings. The van der Waals surface area contributed by atoms with Gasteiger partial charge in [-0.15, -0.1) is 0 Å². The van der Waals surface area contributed by atoms with Gasteiger partial charge in [-0.3, -0.25) is 9.59 Å². The summed E-state index contributed by atoms with van der Waals surface area (Å²) >= 11 is 0. The Morgan fingerprint density at radius 1 is 0.527 bits per heavy atom. The second-order valence-corrected chi connectivity index (χ2v) is 20.7. The molecule has 0 spiro atoms. The van der Waals surface area contributed by atoms with Crippen molar-refractivity contribution >= 4 is 11.9 Å². The molecule has 1 heterocycles. The molecule has 11 nitrogen and oxygen atoms in total. The molecule has 11 heteroatoms. The second-order valence-electron chi connectivity index (χ2n) is 20.7. The Balaban J connectivity index is 2.02. The minimum Gasteiger partial charge on any atom is -0.466 e. The molecule has 7 atom stereocenters. The number of aliphatic hydroxyl groups is 5. The number of hydrogen-bond acceptors (Lipinski definition) is 10. The summed E-state index contributed by atoms with van der Waals surface area (Å²) in [4.78, 5) is 25.0. The highest BCUT2D eigenvalue weighted by Gasteiger charge is 2.44. The lowest BCUT2D eigenvalue weighted by atomic mass is 9.99. The van der Waals surface area contributed by atoms with E-state index in [0.29, 0.717) is 25.9 Å². The molecule has 0 aromatic heterocycles. The van der Waals surface area contributed by atoms with Gasteiger partial charge in [0.2, 0.25) is 5.91 Å². The van der Waals surface area contributed by atoms with Gasteiger partial charge in [0, 0.05) is 12.8 Å². The van der Waals surface area contributed by atoms with E-state index in [0.717, 1.165) is 83.5 Å². The van der Waals surface area contributed by atoms with Crippen LogP contribution in [0.1, 0.15) is 251 Å². The van der Waals surface area contributed by atoms with Gasteiger partial charge in [-0.25, -0.2) is 0 Å². The van der Waals surface area contributed by atoms with Crippen LogP contribution in [-0.4, -0.2) is 100 Å². The van der Waals surface area contributed by atoms with E-state index in [4.69, 9.17) is 14.2 Å². The van der Waals surface area contributed by atoms with Crippen molar-refractivity contribution in [2.24, 2.45) is 0 Å². The zero-order valence-electron chi connectivity index (χ0n) is 47.0. The van der Waals surface area contributed by atoms with Crippen LogP contribution in [0.5, 0.6) is 0 Å². The SMILES string of the molecule is C/C=C/CC/C=C/CC/C=C/C(O)C(COC1OC(CO)C(O)C(O)C1O)NC(=O)CCCCCCCCCCC/C=C\C/C=C\CCCCCCCCCCCOC(=O)CCCCCCC/C=C\CCCCC. The number of hydrogen-bond donors (Lipinski definition) is 6. The van der Waals surface area contributed by atoms with E-state index in [-0.39, 0.29) is 18.5 Å². The Labute approximate surface area is 451 Å². The summed E-state index contributed by atoms with van der Waals surface area (Å²) in [6.45, 7) is 4.04. The molecule has 428 valence electrons. The molecule has 6 N–H and O–H groups in total. The van der Waals surface area contributed by atoms with Crippen LogP contribution >= 0.6 is 0 Å². The van der Waals surface area contributed by atoms with Crippen LogP contribution < -0.4 is 5.32 Å². The Kier molecular flexibility index (Phi) is 48.7. The lowest BCUT2D eigenvalue weighted by Gasteiger charge is -2.40. The molecule has 0 aliphatic carbocycles. The fourth-order valence-electron chi connectivity index (χ4n) is 9.03. The largest absolute Gasteiger partial charge is 0.466 e. The number of nitrogens with one attached hydrogen (secondary N) is 1. The summed E-state index contributed by atoms with van der Waals surface area (Å²) < 4.78 is 16.6. The molecule has 1 amide bonds. The van der Waals surface area contributed by atoms with E-state index < -0.39 is 49.5 Å². The van der Waals surface area contributed by atoms with Crippen molar-refractivity contribution < 1.29 is 49.3 Å². The van der Waals surface area contributed by atoms with Crippen LogP contribution in [0.3, 0.4) is 0 Å². The van der Waals surface area contributed by atoms with Crippen molar-refractivity contribution in [3.8, 4) is 0 Å². The normalized spacial score (nSPS) is 19.4. The summed E-state index contributed by atoms with van der Waals surface area (Å²) in [6, 6.07) is -0.839. The first-order valence-electron chi connectivity index (χ1n) is 30.2. The monoisotopic (exact) mass is 1040 g/mol. The number of carbonyl (C=O) groups excluding carboxylic acids is 2. The topological polar surface area (TPSA) is 175 Å². The summed E-state index contributed by atoms with van der Waals surface area (Å²) in [6.07, 6.45) is 58.9. The third-order valence-electron chi connectivity index (χ3n) is 13.8. The van der Waals surface area contributed by atoms with Crippen molar-refractivity contribution in [2.75, 3.05) is 19.8 Å². The minimum absolute atomic E-state index is 0.0135. The van der Waals surface area contributed by atoms with Crippen LogP contribution in [0.2, 0.25) is 0 Å². The van der Waals surface area contributed by atoms with Gasteiger partial charge in [0.25, 0.3) is 0 Å². The Bertz CT molecular complexity index is 1460. The summed E-state index contributed by atoms with van der Waals surface area (Å²) in [5, 5.41) is 54.1. The number of amides is 1. The highest BCUT2D eigenvalue weighted by atomic mass is 16.7.